The van der Waals surface area contributed by atoms with Crippen molar-refractivity contribution >= 4 is 23.2 Å². The summed E-state index contributed by atoms with van der Waals surface area (Å²) in [5, 5.41) is 1.03. The summed E-state index contributed by atoms with van der Waals surface area (Å²) < 4.78 is 5.72. The zero-order valence-corrected chi connectivity index (χ0v) is 12.0. The lowest BCUT2D eigenvalue weighted by molar-refractivity contribution is 0.301. The third kappa shape index (κ3) is 3.38. The van der Waals surface area contributed by atoms with Gasteiger partial charge >= 0.3 is 0 Å². The van der Waals surface area contributed by atoms with Gasteiger partial charge in [-0.1, -0.05) is 35.3 Å². The lowest BCUT2D eigenvalue weighted by Gasteiger charge is -2.11. The Kier molecular flexibility index (Phi) is 4.64. The van der Waals surface area contributed by atoms with Crippen molar-refractivity contribution in [3.63, 3.8) is 0 Å². The van der Waals surface area contributed by atoms with Crippen molar-refractivity contribution in [2.24, 2.45) is 5.73 Å². The lowest BCUT2D eigenvalue weighted by Crippen LogP contribution is -2.06. The van der Waals surface area contributed by atoms with Crippen LogP contribution in [0.4, 0.5) is 0 Å². The molecule has 0 unspecified atom stereocenters. The molecule has 2 rings (SSSR count). The Morgan fingerprint density at radius 3 is 2.74 bits per heavy atom. The number of nitrogens with two attached hydrogens (primary N) is 1. The molecule has 1 aromatic carbocycles. The second kappa shape index (κ2) is 6.24. The molecule has 0 atom stereocenters. The third-order valence-corrected chi connectivity index (χ3v) is 3.54. The molecule has 0 aliphatic rings. The van der Waals surface area contributed by atoms with Gasteiger partial charge in [0.15, 0.2) is 0 Å². The fourth-order valence-electron chi connectivity index (χ4n) is 1.69. The largest absolute Gasteiger partial charge is 0.487 e. The van der Waals surface area contributed by atoms with E-state index in [1.54, 1.807) is 6.07 Å². The third-order valence-electron chi connectivity index (χ3n) is 2.68. The van der Waals surface area contributed by atoms with Gasteiger partial charge in [-0.25, -0.2) is 0 Å². The second-order valence-electron chi connectivity index (χ2n) is 4.10. The van der Waals surface area contributed by atoms with Crippen LogP contribution in [0.2, 0.25) is 10.0 Å². The van der Waals surface area contributed by atoms with Crippen LogP contribution in [-0.2, 0) is 13.2 Å². The molecule has 0 spiro atoms. The van der Waals surface area contributed by atoms with Crippen LogP contribution in [0.25, 0.3) is 0 Å². The monoisotopic (exact) mass is 296 g/mol. The van der Waals surface area contributed by atoms with Crippen LogP contribution < -0.4 is 10.5 Å². The summed E-state index contributed by atoms with van der Waals surface area (Å²) in [6.45, 7) is 2.58. The summed E-state index contributed by atoms with van der Waals surface area (Å²) in [4.78, 5) is 4.33. The minimum absolute atomic E-state index is 0.330. The summed E-state index contributed by atoms with van der Waals surface area (Å²) in [7, 11) is 0. The number of benzene rings is 1. The van der Waals surface area contributed by atoms with Gasteiger partial charge in [-0.05, 0) is 25.1 Å². The lowest BCUT2D eigenvalue weighted by atomic mass is 10.2. The van der Waals surface area contributed by atoms with Crippen molar-refractivity contribution in [2.45, 2.75) is 20.1 Å². The van der Waals surface area contributed by atoms with Gasteiger partial charge in [0, 0.05) is 17.8 Å². The molecule has 3 nitrogen and oxygen atoms in total. The maximum Gasteiger partial charge on any atom is 0.142 e. The average molecular weight is 297 g/mol. The number of hydrogen-bond acceptors (Lipinski definition) is 3. The van der Waals surface area contributed by atoms with Gasteiger partial charge in [-0.2, -0.15) is 0 Å². The van der Waals surface area contributed by atoms with Crippen LogP contribution in [0.3, 0.4) is 0 Å². The Morgan fingerprint density at radius 1 is 1.21 bits per heavy atom. The Balaban J connectivity index is 2.17. The molecule has 0 saturated carbocycles. The summed E-state index contributed by atoms with van der Waals surface area (Å²) in [6.07, 6.45) is 0. The Morgan fingerprint density at radius 2 is 2.00 bits per heavy atom. The zero-order valence-electron chi connectivity index (χ0n) is 10.5. The van der Waals surface area contributed by atoms with Crippen molar-refractivity contribution < 1.29 is 4.74 Å². The van der Waals surface area contributed by atoms with Crippen LogP contribution in [-0.4, -0.2) is 4.98 Å². The predicted molar refractivity (Wildman–Crippen MR) is 77.7 cm³/mol. The highest BCUT2D eigenvalue weighted by atomic mass is 35.5. The van der Waals surface area contributed by atoms with Gasteiger partial charge in [-0.3, -0.25) is 4.98 Å². The molecule has 0 aliphatic carbocycles. The van der Waals surface area contributed by atoms with Gasteiger partial charge in [0.25, 0.3) is 0 Å². The van der Waals surface area contributed by atoms with Crippen LogP contribution >= 0.6 is 23.2 Å². The van der Waals surface area contributed by atoms with E-state index in [9.17, 15) is 0 Å². The molecule has 0 fully saturated rings. The Labute approximate surface area is 122 Å². The molecular formula is C14H14Cl2N2O. The average Bonchev–Trinajstić information content (AvgIpc) is 2.41. The van der Waals surface area contributed by atoms with E-state index in [4.69, 9.17) is 33.7 Å². The number of rotatable bonds is 4. The highest BCUT2D eigenvalue weighted by Gasteiger charge is 2.08. The van der Waals surface area contributed by atoms with E-state index in [0.717, 1.165) is 17.0 Å². The summed E-state index contributed by atoms with van der Waals surface area (Å²) in [5.74, 6) is 0.671. The standard InChI is InChI=1S/C14H14Cl2N2O/c1-9-5-6-13(12(7-17)18-9)19-8-10-3-2-4-11(15)14(10)16/h2-6H,7-8,17H2,1H3. The van der Waals surface area contributed by atoms with Gasteiger partial charge in [0.2, 0.25) is 0 Å². The molecule has 2 N–H and O–H groups in total. The molecule has 0 amide bonds. The highest BCUT2D eigenvalue weighted by molar-refractivity contribution is 6.42. The van der Waals surface area contributed by atoms with Gasteiger partial charge in [-0.15, -0.1) is 0 Å². The number of aryl methyl sites for hydroxylation is 1. The summed E-state index contributed by atoms with van der Waals surface area (Å²) >= 11 is 12.1. The topological polar surface area (TPSA) is 48.1 Å². The molecule has 2 aromatic rings. The molecule has 0 radical (unpaired) electrons. The summed E-state index contributed by atoms with van der Waals surface area (Å²) in [6, 6.07) is 9.20. The van der Waals surface area contributed by atoms with E-state index in [1.807, 2.05) is 31.2 Å². The number of nitrogens with zero attached hydrogens (tertiary/aromatic N) is 1. The Bertz CT molecular complexity index is 588. The van der Waals surface area contributed by atoms with Crippen LogP contribution in [0.1, 0.15) is 17.0 Å². The van der Waals surface area contributed by atoms with Gasteiger partial charge in [0.05, 0.1) is 15.7 Å². The van der Waals surface area contributed by atoms with Crippen molar-refractivity contribution in [2.75, 3.05) is 0 Å². The van der Waals surface area contributed by atoms with Crippen molar-refractivity contribution in [3.8, 4) is 5.75 Å². The molecule has 1 aromatic heterocycles. The van der Waals surface area contributed by atoms with E-state index in [-0.39, 0.29) is 0 Å². The Hall–Kier alpha value is -1.29. The number of hydrogen-bond donors (Lipinski definition) is 1. The molecule has 19 heavy (non-hydrogen) atoms. The van der Waals surface area contributed by atoms with Crippen molar-refractivity contribution in [1.29, 1.82) is 0 Å². The van der Waals surface area contributed by atoms with E-state index < -0.39 is 0 Å². The highest BCUT2D eigenvalue weighted by Crippen LogP contribution is 2.27. The maximum absolute atomic E-state index is 6.11. The quantitative estimate of drug-likeness (QED) is 0.935. The molecular weight excluding hydrogens is 283 g/mol. The molecule has 0 aliphatic heterocycles. The van der Waals surface area contributed by atoms with Gasteiger partial charge in [0.1, 0.15) is 12.4 Å². The molecule has 5 heteroatoms. The molecule has 1 heterocycles. The van der Waals surface area contributed by atoms with E-state index in [1.165, 1.54) is 0 Å². The first-order valence-corrected chi connectivity index (χ1v) is 6.59. The van der Waals surface area contributed by atoms with Crippen LogP contribution in [0.15, 0.2) is 30.3 Å². The minimum Gasteiger partial charge on any atom is -0.487 e. The second-order valence-corrected chi connectivity index (χ2v) is 4.89. The number of aromatic nitrogens is 1. The fourth-order valence-corrected chi connectivity index (χ4v) is 2.07. The van der Waals surface area contributed by atoms with E-state index >= 15 is 0 Å². The number of halogens is 2. The maximum atomic E-state index is 6.11. The van der Waals surface area contributed by atoms with E-state index in [2.05, 4.69) is 4.98 Å². The molecule has 100 valence electrons. The first-order chi connectivity index (χ1) is 9.11. The van der Waals surface area contributed by atoms with Crippen LogP contribution in [0, 0.1) is 6.92 Å². The first kappa shape index (κ1) is 14.1. The normalized spacial score (nSPS) is 10.5. The van der Waals surface area contributed by atoms with Crippen molar-refractivity contribution in [1.82, 2.24) is 4.98 Å². The predicted octanol–water partition coefficient (Wildman–Crippen LogP) is 3.73. The smallest absolute Gasteiger partial charge is 0.142 e. The van der Waals surface area contributed by atoms with Crippen molar-refractivity contribution in [3.05, 3.63) is 57.3 Å². The summed E-state index contributed by atoms with van der Waals surface area (Å²) in [5.41, 5.74) is 8.13. The number of ether oxygens (including phenoxy) is 1. The van der Waals surface area contributed by atoms with Gasteiger partial charge < -0.3 is 10.5 Å². The molecule has 0 bridgehead atoms. The SMILES string of the molecule is Cc1ccc(OCc2cccc(Cl)c2Cl)c(CN)n1. The van der Waals surface area contributed by atoms with Crippen LogP contribution in [0.5, 0.6) is 5.75 Å². The first-order valence-electron chi connectivity index (χ1n) is 5.84. The fraction of sp³-hybridized carbons (Fsp3) is 0.214. The van der Waals surface area contributed by atoms with E-state index in [0.29, 0.717) is 28.9 Å². The zero-order chi connectivity index (χ0) is 13.8. The molecule has 0 saturated heterocycles. The number of pyridine rings is 1. The minimum atomic E-state index is 0.330.